The average molecular weight is 321 g/mol. The fourth-order valence-corrected chi connectivity index (χ4v) is 4.01. The number of fused-ring (bicyclic) bond motifs is 2. The molecule has 0 aliphatic carbocycles. The molecule has 6 rings (SSSR count). The summed E-state index contributed by atoms with van der Waals surface area (Å²) < 4.78 is 6.19. The summed E-state index contributed by atoms with van der Waals surface area (Å²) in [7, 11) is 0. The lowest BCUT2D eigenvalue weighted by Crippen LogP contribution is -2.52. The highest BCUT2D eigenvalue weighted by molar-refractivity contribution is 6.30. The van der Waals surface area contributed by atoms with E-state index >= 15 is 0 Å². The third-order valence-corrected chi connectivity index (χ3v) is 5.15. The highest BCUT2D eigenvalue weighted by Gasteiger charge is 2.47. The van der Waals surface area contributed by atoms with E-state index in [0.717, 1.165) is 29.1 Å². The molecule has 23 heavy (non-hydrogen) atoms. The maximum Gasteiger partial charge on any atom is 0.188 e. The summed E-state index contributed by atoms with van der Waals surface area (Å²) in [5.74, 6) is 0. The molecular weight excluding hydrogens is 306 g/mol. The molecule has 1 radical (unpaired) electrons. The predicted molar refractivity (Wildman–Crippen MR) is 91.4 cm³/mol. The molecule has 0 N–H and O–H groups in total. The zero-order chi connectivity index (χ0) is 15.4. The highest BCUT2D eigenvalue weighted by atomic mass is 35.5. The Hall–Kier alpha value is -2.03. The van der Waals surface area contributed by atoms with Crippen LogP contribution in [0.3, 0.4) is 0 Å². The molecule has 2 nitrogen and oxygen atoms in total. The SMILES string of the molecule is Clc1ccc2c(c1)C1=C3[CH]OC(c4ccccc4)(C=C3)N1CC2. The van der Waals surface area contributed by atoms with Gasteiger partial charge < -0.3 is 9.64 Å². The Morgan fingerprint density at radius 2 is 1.96 bits per heavy atom. The molecule has 1 atom stereocenters. The second-order valence-corrected chi connectivity index (χ2v) is 6.57. The van der Waals surface area contributed by atoms with E-state index in [1.807, 2.05) is 18.7 Å². The molecule has 4 aliphatic heterocycles. The van der Waals surface area contributed by atoms with Gasteiger partial charge in [0.2, 0.25) is 0 Å². The number of rotatable bonds is 1. The number of hydrogen-bond donors (Lipinski definition) is 0. The van der Waals surface area contributed by atoms with Crippen LogP contribution < -0.4 is 0 Å². The van der Waals surface area contributed by atoms with E-state index in [-0.39, 0.29) is 0 Å². The quantitative estimate of drug-likeness (QED) is 0.765. The number of hydrogen-bond acceptors (Lipinski definition) is 2. The third kappa shape index (κ3) is 1.79. The van der Waals surface area contributed by atoms with Gasteiger partial charge in [-0.1, -0.05) is 54.1 Å². The van der Waals surface area contributed by atoms with Crippen molar-refractivity contribution in [1.82, 2.24) is 4.90 Å². The molecule has 113 valence electrons. The third-order valence-electron chi connectivity index (χ3n) is 4.92. The highest BCUT2D eigenvalue weighted by Crippen LogP contribution is 2.50. The minimum absolute atomic E-state index is 0.543. The molecule has 0 saturated carbocycles. The van der Waals surface area contributed by atoms with Crippen molar-refractivity contribution in [3.05, 3.63) is 94.6 Å². The topological polar surface area (TPSA) is 12.5 Å². The van der Waals surface area contributed by atoms with Crippen molar-refractivity contribution in [3.8, 4) is 0 Å². The first-order valence-corrected chi connectivity index (χ1v) is 8.22. The number of halogens is 1. The van der Waals surface area contributed by atoms with Crippen LogP contribution in [0, 0.1) is 6.61 Å². The lowest BCUT2D eigenvalue weighted by Gasteiger charge is -2.52. The maximum absolute atomic E-state index is 6.26. The van der Waals surface area contributed by atoms with Gasteiger partial charge in [-0.3, -0.25) is 0 Å². The number of benzene rings is 2. The fraction of sp³-hybridized carbons (Fsp3) is 0.150. The Morgan fingerprint density at radius 1 is 1.09 bits per heavy atom. The van der Waals surface area contributed by atoms with Gasteiger partial charge in [0, 0.05) is 28.3 Å². The summed E-state index contributed by atoms with van der Waals surface area (Å²) in [4.78, 5) is 2.37. The second kappa shape index (κ2) is 4.73. The van der Waals surface area contributed by atoms with Crippen molar-refractivity contribution in [3.63, 3.8) is 0 Å². The summed E-state index contributed by atoms with van der Waals surface area (Å²) >= 11 is 6.26. The van der Waals surface area contributed by atoms with Crippen molar-refractivity contribution in [2.75, 3.05) is 6.54 Å². The zero-order valence-corrected chi connectivity index (χ0v) is 13.3. The lowest BCUT2D eigenvalue weighted by molar-refractivity contribution is -0.0829. The van der Waals surface area contributed by atoms with Crippen LogP contribution >= 0.6 is 11.6 Å². The van der Waals surface area contributed by atoms with Crippen LogP contribution in [0.5, 0.6) is 0 Å². The van der Waals surface area contributed by atoms with E-state index < -0.39 is 5.72 Å². The standard InChI is InChI=1S/C20H15ClNO/c21-17-7-6-14-9-11-22-19(18(14)12-17)15-8-10-20(22,23-13-15)16-4-2-1-3-5-16/h1-8,10,12-13H,9,11H2. The molecule has 4 heterocycles. The first-order chi connectivity index (χ1) is 11.3. The molecule has 3 heteroatoms. The van der Waals surface area contributed by atoms with E-state index in [9.17, 15) is 0 Å². The summed E-state index contributed by atoms with van der Waals surface area (Å²) in [6.45, 7) is 2.81. The minimum atomic E-state index is -0.543. The molecule has 2 aromatic carbocycles. The monoisotopic (exact) mass is 320 g/mol. The summed E-state index contributed by atoms with van der Waals surface area (Å²) in [6.07, 6.45) is 5.32. The van der Waals surface area contributed by atoms with Crippen LogP contribution in [-0.2, 0) is 16.9 Å². The maximum atomic E-state index is 6.26. The molecule has 0 amide bonds. The van der Waals surface area contributed by atoms with Crippen LogP contribution in [0.1, 0.15) is 16.7 Å². The molecule has 1 unspecified atom stereocenters. The van der Waals surface area contributed by atoms with Gasteiger partial charge in [-0.25, -0.2) is 0 Å². The van der Waals surface area contributed by atoms with Gasteiger partial charge in [-0.05, 0) is 30.2 Å². The Morgan fingerprint density at radius 3 is 2.74 bits per heavy atom. The van der Waals surface area contributed by atoms with Crippen molar-refractivity contribution in [2.45, 2.75) is 12.1 Å². The van der Waals surface area contributed by atoms with Gasteiger partial charge in [0.25, 0.3) is 0 Å². The van der Waals surface area contributed by atoms with Gasteiger partial charge >= 0.3 is 0 Å². The van der Waals surface area contributed by atoms with Crippen molar-refractivity contribution < 1.29 is 4.74 Å². The van der Waals surface area contributed by atoms with Gasteiger partial charge in [0.1, 0.15) is 6.61 Å². The van der Waals surface area contributed by atoms with Gasteiger partial charge in [-0.15, -0.1) is 0 Å². The molecule has 2 bridgehead atoms. The number of nitrogens with zero attached hydrogens (tertiary/aromatic N) is 1. The molecule has 0 fully saturated rings. The first-order valence-electron chi connectivity index (χ1n) is 7.84. The molecule has 0 saturated heterocycles. The molecule has 0 aromatic heterocycles. The average Bonchev–Trinajstić information content (AvgIpc) is 2.63. The van der Waals surface area contributed by atoms with Crippen molar-refractivity contribution in [1.29, 1.82) is 0 Å². The van der Waals surface area contributed by atoms with E-state index in [2.05, 4.69) is 53.5 Å². The minimum Gasteiger partial charge on any atom is -0.336 e. The van der Waals surface area contributed by atoms with Crippen LogP contribution in [0.2, 0.25) is 5.02 Å². The summed E-state index contributed by atoms with van der Waals surface area (Å²) in [5, 5.41) is 0.777. The second-order valence-electron chi connectivity index (χ2n) is 6.14. The molecule has 4 aliphatic rings. The predicted octanol–water partition coefficient (Wildman–Crippen LogP) is 4.52. The Labute approximate surface area is 140 Å². The number of ether oxygens (including phenoxy) is 1. The smallest absolute Gasteiger partial charge is 0.188 e. The van der Waals surface area contributed by atoms with Crippen molar-refractivity contribution >= 4 is 17.3 Å². The van der Waals surface area contributed by atoms with E-state index in [0.29, 0.717) is 0 Å². The van der Waals surface area contributed by atoms with E-state index in [1.165, 1.54) is 16.8 Å². The summed E-state index contributed by atoms with van der Waals surface area (Å²) in [6, 6.07) is 16.6. The van der Waals surface area contributed by atoms with Gasteiger partial charge in [0.05, 0.1) is 5.70 Å². The van der Waals surface area contributed by atoms with E-state index in [4.69, 9.17) is 16.3 Å². The van der Waals surface area contributed by atoms with E-state index in [1.54, 1.807) is 0 Å². The largest absolute Gasteiger partial charge is 0.336 e. The normalized spacial score (nSPS) is 24.7. The van der Waals surface area contributed by atoms with Crippen LogP contribution in [0.4, 0.5) is 0 Å². The first kappa shape index (κ1) is 13.4. The fourth-order valence-electron chi connectivity index (χ4n) is 3.84. The van der Waals surface area contributed by atoms with Gasteiger partial charge in [0.15, 0.2) is 5.72 Å². The van der Waals surface area contributed by atoms with Crippen LogP contribution in [-0.4, -0.2) is 11.4 Å². The van der Waals surface area contributed by atoms with Crippen LogP contribution in [0.25, 0.3) is 5.70 Å². The Kier molecular flexibility index (Phi) is 2.76. The van der Waals surface area contributed by atoms with Gasteiger partial charge in [-0.2, -0.15) is 0 Å². The zero-order valence-electron chi connectivity index (χ0n) is 12.5. The summed E-state index contributed by atoms with van der Waals surface area (Å²) in [5.41, 5.74) is 5.53. The van der Waals surface area contributed by atoms with Crippen LogP contribution in [0.15, 0.2) is 66.3 Å². The Bertz CT molecular complexity index is 855. The molecular formula is C20H15ClNO. The molecule has 2 aromatic rings. The van der Waals surface area contributed by atoms with Crippen molar-refractivity contribution in [2.24, 2.45) is 0 Å². The molecule has 0 spiro atoms. The Balaban J connectivity index is 1.73. The lowest BCUT2D eigenvalue weighted by atomic mass is 9.84.